The zero-order valence-electron chi connectivity index (χ0n) is 17.2. The smallest absolute Gasteiger partial charge is 0.297 e. The molecule has 31 heavy (non-hydrogen) atoms. The Labute approximate surface area is 177 Å². The Morgan fingerprint density at radius 2 is 1.84 bits per heavy atom. The van der Waals surface area contributed by atoms with Gasteiger partial charge < -0.3 is 19.3 Å². The second-order valence-electron chi connectivity index (χ2n) is 6.75. The van der Waals surface area contributed by atoms with Gasteiger partial charge in [-0.25, -0.2) is 4.68 Å². The standard InChI is InChI=1S/C22H20N4O5/c1-13-19-20(14-8-10-15(29-2)11-9-14)24-26(22(28)21(19)25-31-13)12-18(27)23-16-6-4-5-7-17(16)30-3/h4-11H,12H2,1-3H3,(H,23,27). The molecule has 2 aromatic heterocycles. The lowest BCUT2D eigenvalue weighted by Gasteiger charge is -2.11. The predicted octanol–water partition coefficient (Wildman–Crippen LogP) is 3.02. The molecule has 0 saturated carbocycles. The highest BCUT2D eigenvalue weighted by atomic mass is 16.5. The van der Waals surface area contributed by atoms with Crippen LogP contribution in [0.15, 0.2) is 57.8 Å². The zero-order chi connectivity index (χ0) is 22.0. The fourth-order valence-corrected chi connectivity index (χ4v) is 3.27. The van der Waals surface area contributed by atoms with Crippen LogP contribution >= 0.6 is 0 Å². The first kappa shape index (κ1) is 20.1. The van der Waals surface area contributed by atoms with Crippen molar-refractivity contribution in [3.05, 3.63) is 64.6 Å². The van der Waals surface area contributed by atoms with Crippen molar-refractivity contribution in [2.45, 2.75) is 13.5 Å². The first-order valence-corrected chi connectivity index (χ1v) is 9.46. The number of fused-ring (bicyclic) bond motifs is 1. The maximum Gasteiger partial charge on any atom is 0.297 e. The maximum atomic E-state index is 12.9. The summed E-state index contributed by atoms with van der Waals surface area (Å²) in [6.45, 7) is 1.41. The van der Waals surface area contributed by atoms with Gasteiger partial charge in [0.05, 0.1) is 25.3 Å². The summed E-state index contributed by atoms with van der Waals surface area (Å²) in [5.74, 6) is 1.24. The monoisotopic (exact) mass is 420 g/mol. The molecule has 0 fully saturated rings. The van der Waals surface area contributed by atoms with Crippen molar-refractivity contribution < 1.29 is 18.8 Å². The third-order valence-corrected chi connectivity index (χ3v) is 4.80. The molecule has 2 heterocycles. The Hall–Kier alpha value is -4.14. The number of anilines is 1. The van der Waals surface area contributed by atoms with Gasteiger partial charge in [0, 0.05) is 5.56 Å². The van der Waals surface area contributed by atoms with E-state index in [2.05, 4.69) is 15.6 Å². The van der Waals surface area contributed by atoms with E-state index >= 15 is 0 Å². The molecule has 0 saturated heterocycles. The van der Waals surface area contributed by atoms with Gasteiger partial charge in [-0.3, -0.25) is 9.59 Å². The van der Waals surface area contributed by atoms with Crippen LogP contribution in [0.4, 0.5) is 5.69 Å². The van der Waals surface area contributed by atoms with Gasteiger partial charge in [0.25, 0.3) is 5.56 Å². The van der Waals surface area contributed by atoms with Crippen molar-refractivity contribution in [2.75, 3.05) is 19.5 Å². The summed E-state index contributed by atoms with van der Waals surface area (Å²) in [6.07, 6.45) is 0. The molecule has 0 aliphatic carbocycles. The molecule has 0 spiro atoms. The molecule has 1 N–H and O–H groups in total. The second kappa shape index (κ2) is 8.31. The van der Waals surface area contributed by atoms with Gasteiger partial charge in [0.15, 0.2) is 5.52 Å². The normalized spacial score (nSPS) is 10.8. The Kier molecular flexibility index (Phi) is 5.40. The van der Waals surface area contributed by atoms with E-state index in [9.17, 15) is 9.59 Å². The summed E-state index contributed by atoms with van der Waals surface area (Å²) < 4.78 is 16.8. The SMILES string of the molecule is COc1ccc(-c2nn(CC(=O)Nc3ccccc3OC)c(=O)c3noc(C)c23)cc1. The van der Waals surface area contributed by atoms with Gasteiger partial charge in [0.2, 0.25) is 5.91 Å². The Bertz CT molecular complexity index is 1310. The Morgan fingerprint density at radius 1 is 1.10 bits per heavy atom. The predicted molar refractivity (Wildman–Crippen MR) is 114 cm³/mol. The number of amides is 1. The van der Waals surface area contributed by atoms with Crippen molar-refractivity contribution in [2.24, 2.45) is 0 Å². The zero-order valence-corrected chi connectivity index (χ0v) is 17.2. The van der Waals surface area contributed by atoms with Gasteiger partial charge in [-0.2, -0.15) is 5.10 Å². The number of nitrogens with one attached hydrogen (secondary N) is 1. The maximum absolute atomic E-state index is 12.9. The van der Waals surface area contributed by atoms with E-state index in [1.54, 1.807) is 50.4 Å². The summed E-state index contributed by atoms with van der Waals surface area (Å²) in [7, 11) is 3.09. The van der Waals surface area contributed by atoms with E-state index < -0.39 is 11.5 Å². The van der Waals surface area contributed by atoms with E-state index in [0.29, 0.717) is 34.0 Å². The molecule has 0 bridgehead atoms. The van der Waals surface area contributed by atoms with Crippen LogP contribution in [0.3, 0.4) is 0 Å². The van der Waals surface area contributed by atoms with Gasteiger partial charge in [0.1, 0.15) is 29.5 Å². The third kappa shape index (κ3) is 3.85. The molecule has 0 aliphatic heterocycles. The number of methoxy groups -OCH3 is 2. The van der Waals surface area contributed by atoms with Gasteiger partial charge >= 0.3 is 0 Å². The highest BCUT2D eigenvalue weighted by Gasteiger charge is 2.20. The topological polar surface area (TPSA) is 108 Å². The van der Waals surface area contributed by atoms with Crippen molar-refractivity contribution in [1.82, 2.24) is 14.9 Å². The van der Waals surface area contributed by atoms with Crippen LogP contribution in [-0.4, -0.2) is 35.1 Å². The molecule has 0 unspecified atom stereocenters. The fourth-order valence-electron chi connectivity index (χ4n) is 3.27. The lowest BCUT2D eigenvalue weighted by Crippen LogP contribution is -2.30. The summed E-state index contributed by atoms with van der Waals surface area (Å²) >= 11 is 0. The summed E-state index contributed by atoms with van der Waals surface area (Å²) in [4.78, 5) is 25.5. The average molecular weight is 420 g/mol. The largest absolute Gasteiger partial charge is 0.497 e. The number of benzene rings is 2. The number of hydrogen-bond acceptors (Lipinski definition) is 7. The lowest BCUT2D eigenvalue weighted by molar-refractivity contribution is -0.117. The molecule has 9 nitrogen and oxygen atoms in total. The molecule has 158 valence electrons. The summed E-state index contributed by atoms with van der Waals surface area (Å²) in [5.41, 5.74) is 1.32. The van der Waals surface area contributed by atoms with Crippen LogP contribution in [0.5, 0.6) is 11.5 Å². The van der Waals surface area contributed by atoms with Crippen LogP contribution in [0.25, 0.3) is 22.2 Å². The number of para-hydroxylation sites is 2. The number of rotatable bonds is 6. The van der Waals surface area contributed by atoms with Crippen molar-refractivity contribution in [3.8, 4) is 22.8 Å². The molecular formula is C22H20N4O5. The van der Waals surface area contributed by atoms with Crippen LogP contribution in [-0.2, 0) is 11.3 Å². The molecule has 2 aromatic carbocycles. The molecule has 0 radical (unpaired) electrons. The first-order chi connectivity index (χ1) is 15.0. The Morgan fingerprint density at radius 3 is 2.55 bits per heavy atom. The van der Waals surface area contributed by atoms with Gasteiger partial charge in [-0.1, -0.05) is 17.3 Å². The number of carbonyl (C=O) groups is 1. The van der Waals surface area contributed by atoms with Crippen LogP contribution in [0.2, 0.25) is 0 Å². The molecule has 0 atom stereocenters. The second-order valence-corrected chi connectivity index (χ2v) is 6.75. The summed E-state index contributed by atoms with van der Waals surface area (Å²) in [5, 5.41) is 11.6. The van der Waals surface area contributed by atoms with Crippen LogP contribution in [0.1, 0.15) is 5.76 Å². The molecule has 4 rings (SSSR count). The highest BCUT2D eigenvalue weighted by Crippen LogP contribution is 2.28. The number of carbonyl (C=O) groups excluding carboxylic acids is 1. The molecule has 1 amide bonds. The van der Waals surface area contributed by atoms with Crippen LogP contribution in [0, 0.1) is 6.92 Å². The number of hydrogen-bond donors (Lipinski definition) is 1. The quantitative estimate of drug-likeness (QED) is 0.511. The van der Waals surface area contributed by atoms with E-state index in [-0.39, 0.29) is 12.1 Å². The number of aryl methyl sites for hydroxylation is 1. The Balaban J connectivity index is 1.73. The van der Waals surface area contributed by atoms with Crippen molar-refractivity contribution in [1.29, 1.82) is 0 Å². The molecule has 9 heteroatoms. The number of nitrogens with zero attached hydrogens (tertiary/aromatic N) is 3. The lowest BCUT2D eigenvalue weighted by atomic mass is 10.1. The van der Waals surface area contributed by atoms with Crippen LogP contribution < -0.4 is 20.3 Å². The number of aromatic nitrogens is 3. The van der Waals surface area contributed by atoms with Crippen molar-refractivity contribution >= 4 is 22.5 Å². The first-order valence-electron chi connectivity index (χ1n) is 9.46. The molecule has 0 aliphatic rings. The highest BCUT2D eigenvalue weighted by molar-refractivity contribution is 5.94. The van der Waals surface area contributed by atoms with Gasteiger partial charge in [-0.05, 0) is 43.3 Å². The minimum atomic E-state index is -0.515. The summed E-state index contributed by atoms with van der Waals surface area (Å²) in [6, 6.07) is 14.2. The minimum absolute atomic E-state index is 0.114. The van der Waals surface area contributed by atoms with E-state index in [0.717, 1.165) is 10.2 Å². The molecule has 4 aromatic rings. The third-order valence-electron chi connectivity index (χ3n) is 4.80. The minimum Gasteiger partial charge on any atom is -0.497 e. The van der Waals surface area contributed by atoms with E-state index in [1.807, 2.05) is 12.1 Å². The van der Waals surface area contributed by atoms with E-state index in [4.69, 9.17) is 14.0 Å². The fraction of sp³-hybridized carbons (Fsp3) is 0.182. The molecular weight excluding hydrogens is 400 g/mol. The average Bonchev–Trinajstić information content (AvgIpc) is 3.18. The van der Waals surface area contributed by atoms with E-state index in [1.165, 1.54) is 7.11 Å². The van der Waals surface area contributed by atoms with Gasteiger partial charge in [-0.15, -0.1) is 0 Å². The number of ether oxygens (including phenoxy) is 2. The van der Waals surface area contributed by atoms with Crippen molar-refractivity contribution in [3.63, 3.8) is 0 Å².